The molecule has 1 aromatic heterocycles. The standard InChI is InChI=1S/C17H17N3O/c18-10-12(17(21)20-14-5-1-2-6-14)9-13-11-19-16-8-4-3-7-15(13)16/h3-4,7-9,11,14,19H,1-2,5-6H2,(H,20,21)/b12-9+. The zero-order valence-corrected chi connectivity index (χ0v) is 11.7. The molecule has 0 bridgehead atoms. The number of nitrogens with one attached hydrogen (secondary N) is 2. The topological polar surface area (TPSA) is 68.7 Å². The van der Waals surface area contributed by atoms with E-state index in [1.807, 2.05) is 36.5 Å². The van der Waals surface area contributed by atoms with Crippen molar-refractivity contribution in [2.24, 2.45) is 0 Å². The summed E-state index contributed by atoms with van der Waals surface area (Å²) in [6, 6.07) is 10.1. The number of rotatable bonds is 3. The number of aromatic nitrogens is 1. The van der Waals surface area contributed by atoms with Crippen LogP contribution in [-0.2, 0) is 4.79 Å². The van der Waals surface area contributed by atoms with Crippen molar-refractivity contribution in [3.05, 3.63) is 41.6 Å². The molecule has 2 N–H and O–H groups in total. The van der Waals surface area contributed by atoms with Crippen molar-refractivity contribution in [3.63, 3.8) is 0 Å². The first-order valence-corrected chi connectivity index (χ1v) is 7.26. The summed E-state index contributed by atoms with van der Waals surface area (Å²) in [5.74, 6) is -0.269. The largest absolute Gasteiger partial charge is 0.361 e. The van der Waals surface area contributed by atoms with Gasteiger partial charge in [-0.15, -0.1) is 0 Å². The average Bonchev–Trinajstić information content (AvgIpc) is 3.14. The third-order valence-electron chi connectivity index (χ3n) is 3.98. The lowest BCUT2D eigenvalue weighted by Crippen LogP contribution is -2.33. The van der Waals surface area contributed by atoms with E-state index in [4.69, 9.17) is 0 Å². The first-order chi connectivity index (χ1) is 10.3. The van der Waals surface area contributed by atoms with Gasteiger partial charge < -0.3 is 10.3 Å². The molecule has 1 heterocycles. The molecule has 0 atom stereocenters. The molecule has 3 rings (SSSR count). The number of nitriles is 1. The van der Waals surface area contributed by atoms with Gasteiger partial charge >= 0.3 is 0 Å². The smallest absolute Gasteiger partial charge is 0.262 e. The summed E-state index contributed by atoms with van der Waals surface area (Å²) in [5.41, 5.74) is 2.02. The van der Waals surface area contributed by atoms with Gasteiger partial charge in [0.05, 0.1) is 0 Å². The Morgan fingerprint density at radius 3 is 2.86 bits per heavy atom. The van der Waals surface area contributed by atoms with E-state index in [0.29, 0.717) is 0 Å². The molecule has 0 radical (unpaired) electrons. The molecular formula is C17H17N3O. The SMILES string of the molecule is N#C/C(=C\c1c[nH]c2ccccc12)C(=O)NC1CCCC1. The predicted octanol–water partition coefficient (Wildman–Crippen LogP) is 3.13. The summed E-state index contributed by atoms with van der Waals surface area (Å²) in [4.78, 5) is 15.3. The number of carbonyl (C=O) groups excluding carboxylic acids is 1. The third-order valence-corrected chi connectivity index (χ3v) is 3.98. The fourth-order valence-corrected chi connectivity index (χ4v) is 2.85. The number of nitrogens with zero attached hydrogens (tertiary/aromatic N) is 1. The number of para-hydroxylation sites is 1. The summed E-state index contributed by atoms with van der Waals surface area (Å²) in [6.07, 6.45) is 7.81. The fourth-order valence-electron chi connectivity index (χ4n) is 2.85. The fraction of sp³-hybridized carbons (Fsp3) is 0.294. The van der Waals surface area contributed by atoms with Crippen LogP contribution in [0.25, 0.3) is 17.0 Å². The lowest BCUT2D eigenvalue weighted by molar-refractivity contribution is -0.117. The van der Waals surface area contributed by atoms with E-state index in [1.165, 1.54) is 0 Å². The van der Waals surface area contributed by atoms with Crippen LogP contribution >= 0.6 is 0 Å². The lowest BCUT2D eigenvalue weighted by atomic mass is 10.1. The van der Waals surface area contributed by atoms with Crippen LogP contribution in [0.4, 0.5) is 0 Å². The van der Waals surface area contributed by atoms with Crippen molar-refractivity contribution in [2.75, 3.05) is 0 Å². The Bertz CT molecular complexity index is 730. The number of carbonyl (C=O) groups is 1. The molecule has 1 aromatic carbocycles. The molecule has 0 aliphatic heterocycles. The number of benzene rings is 1. The van der Waals surface area contributed by atoms with Gasteiger partial charge in [-0.3, -0.25) is 4.79 Å². The number of fused-ring (bicyclic) bond motifs is 1. The van der Waals surface area contributed by atoms with Gasteiger partial charge in [0.2, 0.25) is 0 Å². The molecule has 0 saturated heterocycles. The maximum absolute atomic E-state index is 12.2. The van der Waals surface area contributed by atoms with Gasteiger partial charge in [0, 0.05) is 28.7 Å². The molecule has 1 saturated carbocycles. The molecule has 1 amide bonds. The summed E-state index contributed by atoms with van der Waals surface area (Å²) < 4.78 is 0. The van der Waals surface area contributed by atoms with Crippen molar-refractivity contribution in [1.29, 1.82) is 5.26 Å². The van der Waals surface area contributed by atoms with E-state index in [1.54, 1.807) is 6.08 Å². The third kappa shape index (κ3) is 2.82. The first kappa shape index (κ1) is 13.4. The number of amides is 1. The summed E-state index contributed by atoms with van der Waals surface area (Å²) in [5, 5.41) is 13.2. The second-order valence-corrected chi connectivity index (χ2v) is 5.41. The zero-order chi connectivity index (χ0) is 14.7. The minimum atomic E-state index is -0.269. The van der Waals surface area contributed by atoms with E-state index in [2.05, 4.69) is 10.3 Å². The molecular weight excluding hydrogens is 262 g/mol. The highest BCUT2D eigenvalue weighted by Gasteiger charge is 2.19. The highest BCUT2D eigenvalue weighted by molar-refractivity contribution is 6.04. The predicted molar refractivity (Wildman–Crippen MR) is 82.3 cm³/mol. The first-order valence-electron chi connectivity index (χ1n) is 7.26. The van der Waals surface area contributed by atoms with Crippen LogP contribution in [0.2, 0.25) is 0 Å². The molecule has 0 spiro atoms. The molecule has 1 aliphatic rings. The van der Waals surface area contributed by atoms with Crippen molar-refractivity contribution in [3.8, 4) is 6.07 Å². The van der Waals surface area contributed by atoms with Crippen LogP contribution in [0, 0.1) is 11.3 Å². The second-order valence-electron chi connectivity index (χ2n) is 5.41. The maximum atomic E-state index is 12.2. The van der Waals surface area contributed by atoms with Crippen molar-refractivity contribution < 1.29 is 4.79 Å². The van der Waals surface area contributed by atoms with Gasteiger partial charge in [-0.2, -0.15) is 5.26 Å². The van der Waals surface area contributed by atoms with Crippen LogP contribution < -0.4 is 5.32 Å². The Balaban J connectivity index is 1.85. The quantitative estimate of drug-likeness (QED) is 0.669. The second kappa shape index (κ2) is 5.84. The molecule has 4 nitrogen and oxygen atoms in total. The van der Waals surface area contributed by atoms with E-state index in [9.17, 15) is 10.1 Å². The Morgan fingerprint density at radius 2 is 2.10 bits per heavy atom. The lowest BCUT2D eigenvalue weighted by Gasteiger charge is -2.10. The average molecular weight is 279 g/mol. The summed E-state index contributed by atoms with van der Waals surface area (Å²) >= 11 is 0. The van der Waals surface area contributed by atoms with Crippen molar-refractivity contribution in [1.82, 2.24) is 10.3 Å². The van der Waals surface area contributed by atoms with Crippen molar-refractivity contribution in [2.45, 2.75) is 31.7 Å². The van der Waals surface area contributed by atoms with Crippen LogP contribution in [0.5, 0.6) is 0 Å². The molecule has 0 unspecified atom stereocenters. The van der Waals surface area contributed by atoms with E-state index in [-0.39, 0.29) is 17.5 Å². The van der Waals surface area contributed by atoms with Crippen LogP contribution in [-0.4, -0.2) is 16.9 Å². The molecule has 4 heteroatoms. The Kier molecular flexibility index (Phi) is 3.74. The van der Waals surface area contributed by atoms with Gasteiger partial charge in [0.1, 0.15) is 11.6 Å². The number of aromatic amines is 1. The van der Waals surface area contributed by atoms with Gasteiger partial charge in [-0.1, -0.05) is 31.0 Å². The van der Waals surface area contributed by atoms with Crippen LogP contribution in [0.3, 0.4) is 0 Å². The van der Waals surface area contributed by atoms with E-state index in [0.717, 1.165) is 42.1 Å². The van der Waals surface area contributed by atoms with Crippen molar-refractivity contribution >= 4 is 22.9 Å². The highest BCUT2D eigenvalue weighted by Crippen LogP contribution is 2.21. The molecule has 106 valence electrons. The Hall–Kier alpha value is -2.54. The minimum Gasteiger partial charge on any atom is -0.361 e. The van der Waals surface area contributed by atoms with Gasteiger partial charge in [0.15, 0.2) is 0 Å². The maximum Gasteiger partial charge on any atom is 0.262 e. The van der Waals surface area contributed by atoms with E-state index < -0.39 is 0 Å². The minimum absolute atomic E-state index is 0.159. The Morgan fingerprint density at radius 1 is 1.33 bits per heavy atom. The number of hydrogen-bond donors (Lipinski definition) is 2. The zero-order valence-electron chi connectivity index (χ0n) is 11.7. The highest BCUT2D eigenvalue weighted by atomic mass is 16.1. The Labute approximate surface area is 123 Å². The van der Waals surface area contributed by atoms with Crippen LogP contribution in [0.1, 0.15) is 31.2 Å². The molecule has 2 aromatic rings. The van der Waals surface area contributed by atoms with Crippen LogP contribution in [0.15, 0.2) is 36.0 Å². The summed E-state index contributed by atoms with van der Waals surface area (Å²) in [6.45, 7) is 0. The van der Waals surface area contributed by atoms with E-state index >= 15 is 0 Å². The number of hydrogen-bond acceptors (Lipinski definition) is 2. The van der Waals surface area contributed by atoms with Gasteiger partial charge in [-0.25, -0.2) is 0 Å². The number of H-pyrrole nitrogens is 1. The molecule has 1 aliphatic carbocycles. The monoisotopic (exact) mass is 279 g/mol. The van der Waals surface area contributed by atoms with Gasteiger partial charge in [-0.05, 0) is 25.0 Å². The molecule has 1 fully saturated rings. The summed E-state index contributed by atoms with van der Waals surface area (Å²) in [7, 11) is 0. The van der Waals surface area contributed by atoms with Gasteiger partial charge in [0.25, 0.3) is 5.91 Å². The molecule has 21 heavy (non-hydrogen) atoms. The normalized spacial score (nSPS) is 16.0.